The molecular weight excluding hydrogens is 566 g/mol. The summed E-state index contributed by atoms with van der Waals surface area (Å²) >= 11 is 4.28. The van der Waals surface area contributed by atoms with Gasteiger partial charge in [0.25, 0.3) is 5.91 Å². The molecule has 0 heterocycles. The van der Waals surface area contributed by atoms with Crippen molar-refractivity contribution >= 4 is 62.9 Å². The fraction of sp³-hybridized carbons (Fsp3) is 0.143. The fourth-order valence-corrected chi connectivity index (χ4v) is 4.38. The summed E-state index contributed by atoms with van der Waals surface area (Å²) in [5.41, 5.74) is 2.60. The SMILES string of the molecule is C#CCOc1c(I)cc(/C=C(\C#N)C(=O)Nc2ccc(CC)cc2)cc1I. The van der Waals surface area contributed by atoms with E-state index in [1.807, 2.05) is 42.5 Å². The van der Waals surface area contributed by atoms with Gasteiger partial charge in [-0.05, 0) is 93.1 Å². The van der Waals surface area contributed by atoms with Crippen LogP contribution in [-0.4, -0.2) is 12.5 Å². The van der Waals surface area contributed by atoms with Gasteiger partial charge in [0.05, 0.1) is 7.14 Å². The first-order chi connectivity index (χ1) is 13.0. The Morgan fingerprint density at radius 1 is 1.26 bits per heavy atom. The third-order valence-corrected chi connectivity index (χ3v) is 5.22. The van der Waals surface area contributed by atoms with Crippen LogP contribution in [-0.2, 0) is 11.2 Å². The molecule has 0 unspecified atom stereocenters. The van der Waals surface area contributed by atoms with Gasteiger partial charge >= 0.3 is 0 Å². The largest absolute Gasteiger partial charge is 0.479 e. The number of ether oxygens (including phenoxy) is 1. The fourth-order valence-electron chi connectivity index (χ4n) is 2.25. The molecular formula is C21H16I2N2O2. The Balaban J connectivity index is 2.23. The van der Waals surface area contributed by atoms with Crippen LogP contribution in [0.2, 0.25) is 0 Å². The lowest BCUT2D eigenvalue weighted by Gasteiger charge is -2.09. The molecule has 0 spiro atoms. The number of amides is 1. The standard InChI is InChI=1S/C21H16I2N2O2/c1-3-9-27-20-18(22)11-15(12-19(20)23)10-16(13-24)21(26)25-17-7-5-14(4-2)6-8-17/h1,5-8,10-12H,4,9H2,2H3,(H,25,26)/b16-10+. The quantitative estimate of drug-likeness (QED) is 0.226. The van der Waals surface area contributed by atoms with Crippen LogP contribution in [0.5, 0.6) is 5.75 Å². The maximum absolute atomic E-state index is 12.4. The maximum atomic E-state index is 12.4. The van der Waals surface area contributed by atoms with Crippen LogP contribution in [0.3, 0.4) is 0 Å². The second-order valence-electron chi connectivity index (χ2n) is 5.48. The summed E-state index contributed by atoms with van der Waals surface area (Å²) in [7, 11) is 0. The molecule has 0 aliphatic rings. The van der Waals surface area contributed by atoms with Gasteiger partial charge in [0.1, 0.15) is 24.0 Å². The number of benzene rings is 2. The van der Waals surface area contributed by atoms with E-state index in [0.717, 1.165) is 19.1 Å². The van der Waals surface area contributed by atoms with E-state index in [4.69, 9.17) is 11.2 Å². The lowest BCUT2D eigenvalue weighted by Crippen LogP contribution is -2.13. The van der Waals surface area contributed by atoms with Gasteiger partial charge in [0.15, 0.2) is 0 Å². The zero-order valence-corrected chi connectivity index (χ0v) is 18.9. The third kappa shape index (κ3) is 5.98. The monoisotopic (exact) mass is 582 g/mol. The van der Waals surface area contributed by atoms with Gasteiger partial charge in [-0.2, -0.15) is 5.26 Å². The van der Waals surface area contributed by atoms with Crippen LogP contribution in [0.4, 0.5) is 5.69 Å². The number of hydrogen-bond donors (Lipinski definition) is 1. The molecule has 2 aromatic carbocycles. The van der Waals surface area contributed by atoms with Crippen LogP contribution in [0.1, 0.15) is 18.1 Å². The van der Waals surface area contributed by atoms with Crippen molar-refractivity contribution in [3.8, 4) is 24.2 Å². The van der Waals surface area contributed by atoms with Crippen LogP contribution >= 0.6 is 45.2 Å². The van der Waals surface area contributed by atoms with Crippen LogP contribution < -0.4 is 10.1 Å². The molecule has 1 N–H and O–H groups in total. The Labute approximate surface area is 186 Å². The molecule has 2 aromatic rings. The first kappa shape index (κ1) is 21.3. The van der Waals surface area contributed by atoms with E-state index in [-0.39, 0.29) is 12.2 Å². The van der Waals surface area contributed by atoms with Gasteiger partial charge < -0.3 is 10.1 Å². The molecule has 4 nitrogen and oxygen atoms in total. The molecule has 0 fully saturated rings. The van der Waals surface area contributed by atoms with Crippen molar-refractivity contribution < 1.29 is 9.53 Å². The van der Waals surface area contributed by atoms with Gasteiger partial charge in [-0.3, -0.25) is 4.79 Å². The van der Waals surface area contributed by atoms with Crippen molar-refractivity contribution in [2.75, 3.05) is 11.9 Å². The van der Waals surface area contributed by atoms with Crippen molar-refractivity contribution in [3.63, 3.8) is 0 Å². The normalized spacial score (nSPS) is 10.6. The Morgan fingerprint density at radius 3 is 2.41 bits per heavy atom. The van der Waals surface area contributed by atoms with Gasteiger partial charge in [0.2, 0.25) is 0 Å². The molecule has 6 heteroatoms. The van der Waals surface area contributed by atoms with E-state index in [1.165, 1.54) is 5.56 Å². The number of terminal acetylenes is 1. The molecule has 0 atom stereocenters. The smallest absolute Gasteiger partial charge is 0.266 e. The molecule has 1 amide bonds. The van der Waals surface area contributed by atoms with E-state index in [2.05, 4.69) is 63.3 Å². The van der Waals surface area contributed by atoms with Gasteiger partial charge in [0, 0.05) is 5.69 Å². The number of hydrogen-bond acceptors (Lipinski definition) is 3. The number of nitrogens with zero attached hydrogens (tertiary/aromatic N) is 1. The molecule has 0 aliphatic heterocycles. The number of nitrogens with one attached hydrogen (secondary N) is 1. The van der Waals surface area contributed by atoms with Crippen LogP contribution in [0.15, 0.2) is 42.0 Å². The van der Waals surface area contributed by atoms with Crippen molar-refractivity contribution in [1.82, 2.24) is 0 Å². The molecule has 0 saturated carbocycles. The number of nitriles is 1. The minimum atomic E-state index is -0.445. The zero-order chi connectivity index (χ0) is 19.8. The topological polar surface area (TPSA) is 62.1 Å². The third-order valence-electron chi connectivity index (χ3n) is 3.62. The number of anilines is 1. The van der Waals surface area contributed by atoms with E-state index >= 15 is 0 Å². The average molecular weight is 582 g/mol. The Hall–Kier alpha value is -2.04. The number of rotatable bonds is 6. The number of carbonyl (C=O) groups is 1. The lowest BCUT2D eigenvalue weighted by molar-refractivity contribution is -0.112. The van der Waals surface area contributed by atoms with Crippen molar-refractivity contribution in [3.05, 3.63) is 60.2 Å². The van der Waals surface area contributed by atoms with Gasteiger partial charge in [-0.25, -0.2) is 0 Å². The maximum Gasteiger partial charge on any atom is 0.266 e. The molecule has 0 saturated heterocycles. The summed E-state index contributed by atoms with van der Waals surface area (Å²) in [6.45, 7) is 2.25. The predicted octanol–water partition coefficient (Wildman–Crippen LogP) is 5.02. The lowest BCUT2D eigenvalue weighted by atomic mass is 10.1. The second kappa shape index (κ2) is 10.3. The minimum Gasteiger partial charge on any atom is -0.479 e. The highest BCUT2D eigenvalue weighted by molar-refractivity contribution is 14.1. The minimum absolute atomic E-state index is 0.0264. The summed E-state index contributed by atoms with van der Waals surface area (Å²) in [5.74, 6) is 2.69. The first-order valence-electron chi connectivity index (χ1n) is 8.05. The zero-order valence-electron chi connectivity index (χ0n) is 14.6. The summed E-state index contributed by atoms with van der Waals surface area (Å²) in [6, 6.07) is 13.2. The number of halogens is 2. The van der Waals surface area contributed by atoms with Crippen molar-refractivity contribution in [2.45, 2.75) is 13.3 Å². The molecule has 0 radical (unpaired) electrons. The highest BCUT2D eigenvalue weighted by Gasteiger charge is 2.12. The first-order valence-corrected chi connectivity index (χ1v) is 10.2. The highest BCUT2D eigenvalue weighted by atomic mass is 127. The van der Waals surface area contributed by atoms with E-state index in [1.54, 1.807) is 6.08 Å². The van der Waals surface area contributed by atoms with Crippen LogP contribution in [0.25, 0.3) is 6.08 Å². The van der Waals surface area contributed by atoms with E-state index in [0.29, 0.717) is 11.4 Å². The highest BCUT2D eigenvalue weighted by Crippen LogP contribution is 2.29. The van der Waals surface area contributed by atoms with Crippen molar-refractivity contribution in [1.29, 1.82) is 5.26 Å². The number of carbonyl (C=O) groups excluding carboxylic acids is 1. The summed E-state index contributed by atoms with van der Waals surface area (Å²) in [4.78, 5) is 12.4. The van der Waals surface area contributed by atoms with Gasteiger partial charge in [-0.15, -0.1) is 6.42 Å². The number of aryl methyl sites for hydroxylation is 1. The summed E-state index contributed by atoms with van der Waals surface area (Å²) in [6.07, 6.45) is 7.72. The molecule has 27 heavy (non-hydrogen) atoms. The predicted molar refractivity (Wildman–Crippen MR) is 124 cm³/mol. The summed E-state index contributed by atoms with van der Waals surface area (Å²) in [5, 5.41) is 12.2. The van der Waals surface area contributed by atoms with E-state index in [9.17, 15) is 10.1 Å². The van der Waals surface area contributed by atoms with E-state index < -0.39 is 5.91 Å². The Bertz CT molecular complexity index is 929. The molecule has 0 bridgehead atoms. The Morgan fingerprint density at radius 2 is 1.89 bits per heavy atom. The molecule has 0 aromatic heterocycles. The van der Waals surface area contributed by atoms with Crippen LogP contribution in [0, 0.1) is 30.8 Å². The second-order valence-corrected chi connectivity index (χ2v) is 7.81. The van der Waals surface area contributed by atoms with Crippen molar-refractivity contribution in [2.24, 2.45) is 0 Å². The summed E-state index contributed by atoms with van der Waals surface area (Å²) < 4.78 is 7.24. The molecule has 0 aliphatic carbocycles. The molecule has 136 valence electrons. The van der Waals surface area contributed by atoms with Gasteiger partial charge in [-0.1, -0.05) is 25.0 Å². The average Bonchev–Trinajstić information content (AvgIpc) is 2.66. The molecule has 2 rings (SSSR count). The Kier molecular flexibility index (Phi) is 8.14.